The number of benzene rings is 2. The summed E-state index contributed by atoms with van der Waals surface area (Å²) in [5.74, 6) is -0.00226. The molecule has 2 aromatic carbocycles. The van der Waals surface area contributed by atoms with E-state index in [1.165, 1.54) is 0 Å². The summed E-state index contributed by atoms with van der Waals surface area (Å²) < 4.78 is 5.84. The summed E-state index contributed by atoms with van der Waals surface area (Å²) in [6.45, 7) is 0.378. The number of rotatable bonds is 8. The summed E-state index contributed by atoms with van der Waals surface area (Å²) in [7, 11) is 0. The van der Waals surface area contributed by atoms with E-state index in [1.807, 2.05) is 48.5 Å². The molecule has 1 atom stereocenters. The molecule has 23 heavy (non-hydrogen) atoms. The SMILES string of the molecule is NC(=O)CCCNC(=O)[C@@H](Oc1ccccc1)c1ccccc1. The fraction of sp³-hybridized carbons (Fsp3) is 0.222. The Morgan fingerprint density at radius 2 is 1.61 bits per heavy atom. The molecule has 0 aliphatic carbocycles. The Hall–Kier alpha value is -2.82. The van der Waals surface area contributed by atoms with Gasteiger partial charge in [-0.25, -0.2) is 0 Å². The second-order valence-electron chi connectivity index (χ2n) is 5.08. The first-order chi connectivity index (χ1) is 11.2. The minimum absolute atomic E-state index is 0.246. The van der Waals surface area contributed by atoms with Gasteiger partial charge in [0.1, 0.15) is 5.75 Å². The zero-order chi connectivity index (χ0) is 16.5. The Morgan fingerprint density at radius 1 is 1.00 bits per heavy atom. The minimum atomic E-state index is -0.743. The average molecular weight is 312 g/mol. The van der Waals surface area contributed by atoms with Crippen LogP contribution in [0.1, 0.15) is 24.5 Å². The lowest BCUT2D eigenvalue weighted by molar-refractivity contribution is -0.128. The Morgan fingerprint density at radius 3 is 2.22 bits per heavy atom. The first kappa shape index (κ1) is 16.5. The van der Waals surface area contributed by atoms with E-state index < -0.39 is 6.10 Å². The predicted octanol–water partition coefficient (Wildman–Crippen LogP) is 2.19. The molecule has 0 aliphatic rings. The standard InChI is InChI=1S/C18H20N2O3/c19-16(21)12-7-13-20-18(22)17(14-8-3-1-4-9-14)23-15-10-5-2-6-11-15/h1-6,8-11,17H,7,12-13H2,(H2,19,21)(H,20,22)/t17-/m0/s1. The van der Waals surface area contributed by atoms with E-state index in [9.17, 15) is 9.59 Å². The molecule has 0 aromatic heterocycles. The third kappa shape index (κ3) is 5.47. The van der Waals surface area contributed by atoms with Gasteiger partial charge in [-0.1, -0.05) is 48.5 Å². The third-order valence-electron chi connectivity index (χ3n) is 3.24. The largest absolute Gasteiger partial charge is 0.476 e. The quantitative estimate of drug-likeness (QED) is 0.733. The lowest BCUT2D eigenvalue weighted by atomic mass is 10.1. The van der Waals surface area contributed by atoms with Gasteiger partial charge in [0.15, 0.2) is 0 Å². The number of nitrogens with two attached hydrogens (primary N) is 1. The van der Waals surface area contributed by atoms with Gasteiger partial charge in [-0.05, 0) is 18.6 Å². The number of carbonyl (C=O) groups excluding carboxylic acids is 2. The normalized spacial score (nSPS) is 11.5. The van der Waals surface area contributed by atoms with Gasteiger partial charge in [0, 0.05) is 18.5 Å². The highest BCUT2D eigenvalue weighted by atomic mass is 16.5. The van der Waals surface area contributed by atoms with Gasteiger partial charge in [0.2, 0.25) is 12.0 Å². The number of amides is 2. The molecule has 0 bridgehead atoms. The summed E-state index contributed by atoms with van der Waals surface area (Å²) in [4.78, 5) is 23.2. The lowest BCUT2D eigenvalue weighted by Gasteiger charge is -2.19. The first-order valence-corrected chi connectivity index (χ1v) is 7.49. The van der Waals surface area contributed by atoms with Crippen LogP contribution < -0.4 is 15.8 Å². The van der Waals surface area contributed by atoms with Crippen LogP contribution in [0.5, 0.6) is 5.75 Å². The van der Waals surface area contributed by atoms with Gasteiger partial charge in [-0.15, -0.1) is 0 Å². The predicted molar refractivity (Wildman–Crippen MR) is 87.7 cm³/mol. The van der Waals surface area contributed by atoms with Gasteiger partial charge in [-0.3, -0.25) is 9.59 Å². The molecular weight excluding hydrogens is 292 g/mol. The number of ether oxygens (including phenoxy) is 1. The van der Waals surface area contributed by atoms with Crippen LogP contribution in [-0.4, -0.2) is 18.4 Å². The summed E-state index contributed by atoms with van der Waals surface area (Å²) in [6.07, 6.45) is 0.0104. The highest BCUT2D eigenvalue weighted by molar-refractivity contribution is 5.82. The van der Waals surface area contributed by atoms with Crippen molar-refractivity contribution in [1.82, 2.24) is 5.32 Å². The van der Waals surface area contributed by atoms with E-state index in [-0.39, 0.29) is 18.2 Å². The van der Waals surface area contributed by atoms with Crippen molar-refractivity contribution < 1.29 is 14.3 Å². The number of para-hydroxylation sites is 1. The van der Waals surface area contributed by atoms with E-state index >= 15 is 0 Å². The molecular formula is C18H20N2O3. The summed E-state index contributed by atoms with van der Waals surface area (Å²) >= 11 is 0. The Bertz CT molecular complexity index is 629. The molecule has 0 saturated heterocycles. The maximum Gasteiger partial charge on any atom is 0.265 e. The molecule has 2 aromatic rings. The smallest absolute Gasteiger partial charge is 0.265 e. The lowest BCUT2D eigenvalue weighted by Crippen LogP contribution is -2.33. The molecule has 0 radical (unpaired) electrons. The molecule has 5 heteroatoms. The second kappa shape index (κ2) is 8.58. The second-order valence-corrected chi connectivity index (χ2v) is 5.08. The topological polar surface area (TPSA) is 81.4 Å². The molecule has 2 amide bonds. The molecule has 2 rings (SSSR count). The molecule has 3 N–H and O–H groups in total. The maximum absolute atomic E-state index is 12.4. The highest BCUT2D eigenvalue weighted by Crippen LogP contribution is 2.21. The Kier molecular flexibility index (Phi) is 6.17. The molecule has 120 valence electrons. The summed E-state index contributed by atoms with van der Waals surface area (Å²) in [5, 5.41) is 2.79. The number of primary amides is 1. The molecule has 0 fully saturated rings. The van der Waals surface area contributed by atoms with Crippen LogP contribution in [0.25, 0.3) is 0 Å². The fourth-order valence-electron chi connectivity index (χ4n) is 2.10. The number of hydrogen-bond acceptors (Lipinski definition) is 3. The molecule has 0 aliphatic heterocycles. The van der Waals surface area contributed by atoms with Crippen molar-refractivity contribution >= 4 is 11.8 Å². The van der Waals surface area contributed by atoms with Crippen molar-refractivity contribution in [2.24, 2.45) is 5.73 Å². The molecule has 0 unspecified atom stereocenters. The average Bonchev–Trinajstić information content (AvgIpc) is 2.58. The number of nitrogens with one attached hydrogen (secondary N) is 1. The van der Waals surface area contributed by atoms with Crippen LogP contribution in [0.15, 0.2) is 60.7 Å². The zero-order valence-electron chi connectivity index (χ0n) is 12.8. The van der Waals surface area contributed by atoms with Gasteiger partial charge < -0.3 is 15.8 Å². The monoisotopic (exact) mass is 312 g/mol. The third-order valence-corrected chi connectivity index (χ3v) is 3.24. The van der Waals surface area contributed by atoms with Crippen LogP contribution in [-0.2, 0) is 9.59 Å². The fourth-order valence-corrected chi connectivity index (χ4v) is 2.10. The summed E-state index contributed by atoms with van der Waals surface area (Å²) in [5.41, 5.74) is 5.85. The molecule has 0 spiro atoms. The van der Waals surface area contributed by atoms with Crippen LogP contribution in [0, 0.1) is 0 Å². The maximum atomic E-state index is 12.4. The zero-order valence-corrected chi connectivity index (χ0v) is 12.8. The van der Waals surface area contributed by atoms with E-state index in [1.54, 1.807) is 12.1 Å². The molecule has 5 nitrogen and oxygen atoms in total. The van der Waals surface area contributed by atoms with Gasteiger partial charge in [0.05, 0.1) is 0 Å². The van der Waals surface area contributed by atoms with Gasteiger partial charge in [-0.2, -0.15) is 0 Å². The van der Waals surface area contributed by atoms with Crippen molar-refractivity contribution in [2.75, 3.05) is 6.54 Å². The Labute approximate surface area is 135 Å². The van der Waals surface area contributed by atoms with Gasteiger partial charge in [0.25, 0.3) is 5.91 Å². The molecule has 0 heterocycles. The number of carbonyl (C=O) groups is 2. The van der Waals surface area contributed by atoms with E-state index in [4.69, 9.17) is 10.5 Å². The van der Waals surface area contributed by atoms with E-state index in [0.29, 0.717) is 18.7 Å². The summed E-state index contributed by atoms with van der Waals surface area (Å²) in [6, 6.07) is 18.5. The molecule has 0 saturated carbocycles. The van der Waals surface area contributed by atoms with Crippen LogP contribution >= 0.6 is 0 Å². The minimum Gasteiger partial charge on any atom is -0.476 e. The van der Waals surface area contributed by atoms with Gasteiger partial charge >= 0.3 is 0 Å². The Balaban J connectivity index is 2.04. The highest BCUT2D eigenvalue weighted by Gasteiger charge is 2.22. The first-order valence-electron chi connectivity index (χ1n) is 7.49. The van der Waals surface area contributed by atoms with E-state index in [2.05, 4.69) is 5.32 Å². The van der Waals surface area contributed by atoms with Crippen LogP contribution in [0.2, 0.25) is 0 Å². The van der Waals surface area contributed by atoms with Crippen molar-refractivity contribution in [1.29, 1.82) is 0 Å². The van der Waals surface area contributed by atoms with Crippen LogP contribution in [0.4, 0.5) is 0 Å². The number of hydrogen-bond donors (Lipinski definition) is 2. The van der Waals surface area contributed by atoms with Crippen molar-refractivity contribution in [3.63, 3.8) is 0 Å². The van der Waals surface area contributed by atoms with E-state index in [0.717, 1.165) is 5.56 Å². The van der Waals surface area contributed by atoms with Crippen molar-refractivity contribution in [3.8, 4) is 5.75 Å². The van der Waals surface area contributed by atoms with Crippen LogP contribution in [0.3, 0.4) is 0 Å². The van der Waals surface area contributed by atoms with Crippen molar-refractivity contribution in [3.05, 3.63) is 66.2 Å². The van der Waals surface area contributed by atoms with Crippen molar-refractivity contribution in [2.45, 2.75) is 18.9 Å².